The molecular formula is C20H27N3O4. The zero-order valence-corrected chi connectivity index (χ0v) is 16.1. The molecule has 1 atom stereocenters. The van der Waals surface area contributed by atoms with E-state index in [2.05, 4.69) is 10.2 Å². The standard InChI is InChI=1S/C20H27N3O4/c1-4-27-11-5-10-23(13-15(3)20(25)26)19(24)18-12-17(21-22-18)16-8-6-14(2)7-9-16/h6-9,12,15H,4-5,10-11,13H2,1-3H3,(H,21,22)(H,25,26). The Morgan fingerprint density at radius 1 is 1.30 bits per heavy atom. The van der Waals surface area contributed by atoms with Gasteiger partial charge in [0.25, 0.3) is 5.91 Å². The number of carboxylic acids is 1. The third-order valence-electron chi connectivity index (χ3n) is 4.28. The molecule has 1 aromatic carbocycles. The summed E-state index contributed by atoms with van der Waals surface area (Å²) < 4.78 is 5.32. The van der Waals surface area contributed by atoms with Crippen molar-refractivity contribution in [3.8, 4) is 11.3 Å². The van der Waals surface area contributed by atoms with Gasteiger partial charge in [-0.1, -0.05) is 36.8 Å². The van der Waals surface area contributed by atoms with Gasteiger partial charge in [-0.2, -0.15) is 5.10 Å². The molecule has 2 aromatic rings. The van der Waals surface area contributed by atoms with E-state index in [1.807, 2.05) is 38.1 Å². The van der Waals surface area contributed by atoms with Crippen LogP contribution in [0.25, 0.3) is 11.3 Å². The first-order valence-electron chi connectivity index (χ1n) is 9.14. The number of aromatic nitrogens is 2. The molecule has 1 aromatic heterocycles. The van der Waals surface area contributed by atoms with E-state index in [9.17, 15) is 14.7 Å². The number of carbonyl (C=O) groups is 2. The first-order valence-corrected chi connectivity index (χ1v) is 9.14. The van der Waals surface area contributed by atoms with E-state index in [-0.39, 0.29) is 12.5 Å². The van der Waals surface area contributed by atoms with Crippen LogP contribution in [0.3, 0.4) is 0 Å². The van der Waals surface area contributed by atoms with Crippen molar-refractivity contribution in [3.05, 3.63) is 41.6 Å². The monoisotopic (exact) mass is 373 g/mol. The lowest BCUT2D eigenvalue weighted by molar-refractivity contribution is -0.141. The summed E-state index contributed by atoms with van der Waals surface area (Å²) in [7, 11) is 0. The van der Waals surface area contributed by atoms with Crippen LogP contribution in [0.15, 0.2) is 30.3 Å². The van der Waals surface area contributed by atoms with E-state index in [1.54, 1.807) is 17.9 Å². The SMILES string of the molecule is CCOCCCN(CC(C)C(=O)O)C(=O)c1cc(-c2ccc(C)cc2)n[nH]1. The topological polar surface area (TPSA) is 95.5 Å². The zero-order valence-electron chi connectivity index (χ0n) is 16.1. The summed E-state index contributed by atoms with van der Waals surface area (Å²) in [6.45, 7) is 7.21. The largest absolute Gasteiger partial charge is 0.481 e. The fourth-order valence-corrected chi connectivity index (χ4v) is 2.66. The lowest BCUT2D eigenvalue weighted by Gasteiger charge is -2.24. The van der Waals surface area contributed by atoms with E-state index in [4.69, 9.17) is 4.74 Å². The number of carbonyl (C=O) groups excluding carboxylic acids is 1. The number of benzene rings is 1. The summed E-state index contributed by atoms with van der Waals surface area (Å²) >= 11 is 0. The van der Waals surface area contributed by atoms with Crippen molar-refractivity contribution in [3.63, 3.8) is 0 Å². The van der Waals surface area contributed by atoms with Crippen molar-refractivity contribution in [2.75, 3.05) is 26.3 Å². The highest BCUT2D eigenvalue weighted by Gasteiger charge is 2.23. The van der Waals surface area contributed by atoms with Crippen molar-refractivity contribution in [2.45, 2.75) is 27.2 Å². The Balaban J connectivity index is 2.13. The van der Waals surface area contributed by atoms with Crippen LogP contribution in [0, 0.1) is 12.8 Å². The smallest absolute Gasteiger partial charge is 0.308 e. The molecule has 0 saturated heterocycles. The molecule has 0 spiro atoms. The van der Waals surface area contributed by atoms with Gasteiger partial charge in [0.1, 0.15) is 5.69 Å². The van der Waals surface area contributed by atoms with Gasteiger partial charge in [0, 0.05) is 31.9 Å². The Labute approximate surface area is 159 Å². The van der Waals surface area contributed by atoms with Crippen molar-refractivity contribution in [2.24, 2.45) is 5.92 Å². The predicted molar refractivity (Wildman–Crippen MR) is 103 cm³/mol. The predicted octanol–water partition coefficient (Wildman–Crippen LogP) is 2.97. The van der Waals surface area contributed by atoms with Crippen LogP contribution in [0.2, 0.25) is 0 Å². The Kier molecular flexibility index (Phi) is 7.55. The molecule has 0 radical (unpaired) electrons. The molecule has 0 bridgehead atoms. The average Bonchev–Trinajstić information content (AvgIpc) is 3.14. The lowest BCUT2D eigenvalue weighted by atomic mass is 10.1. The van der Waals surface area contributed by atoms with Crippen LogP contribution < -0.4 is 0 Å². The summed E-state index contributed by atoms with van der Waals surface area (Å²) in [5.74, 6) is -1.84. The number of aryl methyl sites for hydroxylation is 1. The number of carboxylic acid groups (broad SMARTS) is 1. The fraction of sp³-hybridized carbons (Fsp3) is 0.450. The number of nitrogens with zero attached hydrogens (tertiary/aromatic N) is 2. The summed E-state index contributed by atoms with van der Waals surface area (Å²) in [5.41, 5.74) is 3.09. The van der Waals surface area contributed by atoms with Gasteiger partial charge in [0.15, 0.2) is 0 Å². The highest BCUT2D eigenvalue weighted by atomic mass is 16.5. The average molecular weight is 373 g/mol. The summed E-state index contributed by atoms with van der Waals surface area (Å²) in [6, 6.07) is 9.58. The van der Waals surface area contributed by atoms with Crippen LogP contribution in [0.5, 0.6) is 0 Å². The molecule has 1 unspecified atom stereocenters. The second-order valence-electron chi connectivity index (χ2n) is 6.57. The maximum atomic E-state index is 12.9. The third-order valence-corrected chi connectivity index (χ3v) is 4.28. The summed E-state index contributed by atoms with van der Waals surface area (Å²) in [5, 5.41) is 16.2. The summed E-state index contributed by atoms with van der Waals surface area (Å²) in [6.07, 6.45) is 0.644. The maximum Gasteiger partial charge on any atom is 0.308 e. The molecule has 7 nitrogen and oxygen atoms in total. The first-order chi connectivity index (χ1) is 12.9. The van der Waals surface area contributed by atoms with Crippen molar-refractivity contribution in [1.29, 1.82) is 0 Å². The minimum absolute atomic E-state index is 0.138. The van der Waals surface area contributed by atoms with Gasteiger partial charge in [0.05, 0.1) is 11.6 Å². The van der Waals surface area contributed by atoms with E-state index in [0.717, 1.165) is 11.1 Å². The van der Waals surface area contributed by atoms with Crippen molar-refractivity contribution in [1.82, 2.24) is 15.1 Å². The number of H-pyrrole nitrogens is 1. The molecule has 2 N–H and O–H groups in total. The highest BCUT2D eigenvalue weighted by molar-refractivity contribution is 5.93. The molecule has 0 aliphatic carbocycles. The summed E-state index contributed by atoms with van der Waals surface area (Å²) in [4.78, 5) is 25.6. The van der Waals surface area contributed by atoms with Gasteiger partial charge in [-0.15, -0.1) is 0 Å². The second kappa shape index (κ2) is 9.87. The minimum Gasteiger partial charge on any atom is -0.481 e. The third kappa shape index (κ3) is 5.92. The molecular weight excluding hydrogens is 346 g/mol. The molecule has 0 aliphatic rings. The number of hydrogen-bond acceptors (Lipinski definition) is 4. The van der Waals surface area contributed by atoms with Gasteiger partial charge in [-0.25, -0.2) is 0 Å². The molecule has 0 fully saturated rings. The number of aliphatic carboxylic acids is 1. The van der Waals surface area contributed by atoms with Crippen LogP contribution >= 0.6 is 0 Å². The zero-order chi connectivity index (χ0) is 19.8. The Morgan fingerprint density at radius 2 is 2.00 bits per heavy atom. The maximum absolute atomic E-state index is 12.9. The quantitative estimate of drug-likeness (QED) is 0.624. The van der Waals surface area contributed by atoms with E-state index < -0.39 is 11.9 Å². The number of nitrogens with one attached hydrogen (secondary N) is 1. The van der Waals surface area contributed by atoms with Gasteiger partial charge in [0.2, 0.25) is 0 Å². The van der Waals surface area contributed by atoms with Gasteiger partial charge < -0.3 is 14.7 Å². The van der Waals surface area contributed by atoms with E-state index in [0.29, 0.717) is 37.6 Å². The lowest BCUT2D eigenvalue weighted by Crippen LogP contribution is -2.38. The van der Waals surface area contributed by atoms with Crippen molar-refractivity contribution < 1.29 is 19.4 Å². The minimum atomic E-state index is -0.928. The highest BCUT2D eigenvalue weighted by Crippen LogP contribution is 2.19. The Morgan fingerprint density at radius 3 is 2.63 bits per heavy atom. The fourth-order valence-electron chi connectivity index (χ4n) is 2.66. The molecule has 27 heavy (non-hydrogen) atoms. The molecule has 2 rings (SSSR count). The van der Waals surface area contributed by atoms with Crippen LogP contribution in [-0.2, 0) is 9.53 Å². The number of ether oxygens (including phenoxy) is 1. The number of rotatable bonds is 10. The van der Waals surface area contributed by atoms with E-state index in [1.165, 1.54) is 0 Å². The molecule has 1 amide bonds. The van der Waals surface area contributed by atoms with Gasteiger partial charge in [-0.3, -0.25) is 14.7 Å². The molecule has 0 saturated carbocycles. The van der Waals surface area contributed by atoms with Crippen molar-refractivity contribution >= 4 is 11.9 Å². The Hall–Kier alpha value is -2.67. The number of aromatic amines is 1. The molecule has 146 valence electrons. The van der Waals surface area contributed by atoms with Crippen LogP contribution in [0.1, 0.15) is 36.3 Å². The molecule has 0 aliphatic heterocycles. The van der Waals surface area contributed by atoms with Crippen LogP contribution in [0.4, 0.5) is 0 Å². The molecule has 7 heteroatoms. The van der Waals surface area contributed by atoms with Gasteiger partial charge in [-0.05, 0) is 26.3 Å². The first kappa shape index (κ1) is 20.6. The second-order valence-corrected chi connectivity index (χ2v) is 6.57. The Bertz CT molecular complexity index is 755. The number of hydrogen-bond donors (Lipinski definition) is 2. The van der Waals surface area contributed by atoms with Gasteiger partial charge >= 0.3 is 5.97 Å². The number of amides is 1. The van der Waals surface area contributed by atoms with Crippen LogP contribution in [-0.4, -0.2) is 58.4 Å². The van der Waals surface area contributed by atoms with E-state index >= 15 is 0 Å². The normalized spacial score (nSPS) is 12.0. The molecule has 1 heterocycles.